The molecule has 5 rings (SSSR count). The van der Waals surface area contributed by atoms with Gasteiger partial charge in [0, 0.05) is 108 Å². The predicted octanol–water partition coefficient (Wildman–Crippen LogP) is 1.68. The van der Waals surface area contributed by atoms with Crippen molar-refractivity contribution in [1.82, 2.24) is 35.1 Å². The Balaban J connectivity index is 1.26. The van der Waals surface area contributed by atoms with Gasteiger partial charge in [0.15, 0.2) is 0 Å². The van der Waals surface area contributed by atoms with Gasteiger partial charge in [-0.25, -0.2) is 9.38 Å². The summed E-state index contributed by atoms with van der Waals surface area (Å²) in [7, 11) is 1.82. The SMILES string of the molecule is CC(=O)N1CCC(NC2CCN(CCN3CCNCC3)CC2)=C(C(N)=Nc2ccc(-c3cnn(C)c3)cc2F)C1. The summed E-state index contributed by atoms with van der Waals surface area (Å²) in [6.45, 7) is 11.4. The summed E-state index contributed by atoms with van der Waals surface area (Å²) in [6.07, 6.45) is 6.32. The van der Waals surface area contributed by atoms with Crippen LogP contribution in [0.15, 0.2) is 46.9 Å². The van der Waals surface area contributed by atoms with Gasteiger partial charge in [-0.3, -0.25) is 14.4 Å². The highest BCUT2D eigenvalue weighted by molar-refractivity contribution is 6.00. The number of hydrogen-bond donors (Lipinski definition) is 3. The Morgan fingerprint density at radius 1 is 1.12 bits per heavy atom. The Kier molecular flexibility index (Phi) is 9.13. The van der Waals surface area contributed by atoms with E-state index in [1.807, 2.05) is 19.3 Å². The number of aromatic nitrogens is 2. The van der Waals surface area contributed by atoms with Crippen molar-refractivity contribution in [2.45, 2.75) is 32.2 Å². The Morgan fingerprint density at radius 2 is 1.85 bits per heavy atom. The number of nitrogens with zero attached hydrogens (tertiary/aromatic N) is 6. The smallest absolute Gasteiger partial charge is 0.219 e. The van der Waals surface area contributed by atoms with E-state index in [1.165, 1.54) is 6.07 Å². The fourth-order valence-electron chi connectivity index (χ4n) is 5.74. The first-order valence-electron chi connectivity index (χ1n) is 14.4. The molecule has 1 aromatic heterocycles. The van der Waals surface area contributed by atoms with Crippen LogP contribution in [0, 0.1) is 5.82 Å². The van der Waals surface area contributed by atoms with Gasteiger partial charge in [0.25, 0.3) is 0 Å². The highest BCUT2D eigenvalue weighted by Crippen LogP contribution is 2.27. The minimum absolute atomic E-state index is 0.00542. The third-order valence-electron chi connectivity index (χ3n) is 8.23. The molecule has 3 aliphatic heterocycles. The van der Waals surface area contributed by atoms with E-state index in [0.717, 1.165) is 87.6 Å². The van der Waals surface area contributed by atoms with Crippen LogP contribution in [-0.4, -0.2) is 108 Å². The van der Waals surface area contributed by atoms with E-state index in [1.54, 1.807) is 28.8 Å². The Bertz CT molecular complexity index is 1240. The fraction of sp³-hybridized carbons (Fsp3) is 0.552. The second-order valence-electron chi connectivity index (χ2n) is 11.1. The molecule has 0 bridgehead atoms. The minimum Gasteiger partial charge on any atom is -0.385 e. The third kappa shape index (κ3) is 7.07. The van der Waals surface area contributed by atoms with Crippen molar-refractivity contribution in [2.75, 3.05) is 65.4 Å². The van der Waals surface area contributed by atoms with Gasteiger partial charge in [0.2, 0.25) is 5.91 Å². The van der Waals surface area contributed by atoms with Crippen molar-refractivity contribution < 1.29 is 9.18 Å². The number of halogens is 1. The van der Waals surface area contributed by atoms with E-state index in [0.29, 0.717) is 25.6 Å². The second-order valence-corrected chi connectivity index (χ2v) is 11.1. The summed E-state index contributed by atoms with van der Waals surface area (Å²) >= 11 is 0. The molecule has 40 heavy (non-hydrogen) atoms. The summed E-state index contributed by atoms with van der Waals surface area (Å²) < 4.78 is 16.7. The number of benzene rings is 1. The van der Waals surface area contributed by atoms with Crippen LogP contribution >= 0.6 is 0 Å². The Labute approximate surface area is 236 Å². The number of nitrogens with two attached hydrogens (primary N) is 1. The first-order valence-corrected chi connectivity index (χ1v) is 14.4. The third-order valence-corrected chi connectivity index (χ3v) is 8.23. The number of likely N-dealkylation sites (tertiary alicyclic amines) is 1. The van der Waals surface area contributed by atoms with Gasteiger partial charge in [-0.1, -0.05) is 6.07 Å². The number of piperazine rings is 1. The average molecular weight is 552 g/mol. The molecule has 2 saturated heterocycles. The van der Waals surface area contributed by atoms with Crippen LogP contribution in [0.3, 0.4) is 0 Å². The number of aliphatic imine (C=N–C) groups is 1. The summed E-state index contributed by atoms with van der Waals surface area (Å²) in [4.78, 5) is 23.5. The number of rotatable bonds is 8. The van der Waals surface area contributed by atoms with Crippen molar-refractivity contribution in [3.05, 3.63) is 47.7 Å². The molecule has 1 amide bonds. The molecule has 4 heterocycles. The van der Waals surface area contributed by atoms with Gasteiger partial charge in [0.05, 0.1) is 12.7 Å². The molecule has 0 radical (unpaired) electrons. The number of carbonyl (C=O) groups is 1. The van der Waals surface area contributed by atoms with Gasteiger partial charge >= 0.3 is 0 Å². The molecule has 2 aromatic rings. The molecular formula is C29H42FN9O. The lowest BCUT2D eigenvalue weighted by Gasteiger charge is -2.37. The minimum atomic E-state index is -0.452. The van der Waals surface area contributed by atoms with Crippen molar-refractivity contribution in [1.29, 1.82) is 0 Å². The normalized spacial score (nSPS) is 20.3. The maximum Gasteiger partial charge on any atom is 0.219 e. The van der Waals surface area contributed by atoms with Gasteiger partial charge < -0.3 is 26.2 Å². The number of amides is 1. The molecule has 0 aliphatic carbocycles. The van der Waals surface area contributed by atoms with E-state index in [-0.39, 0.29) is 17.4 Å². The number of piperidine rings is 1. The van der Waals surface area contributed by atoms with E-state index in [4.69, 9.17) is 5.73 Å². The highest BCUT2D eigenvalue weighted by Gasteiger charge is 2.27. The summed E-state index contributed by atoms with van der Waals surface area (Å²) in [5.74, 6) is -0.212. The molecule has 4 N–H and O–H groups in total. The molecule has 10 nitrogen and oxygen atoms in total. The van der Waals surface area contributed by atoms with Gasteiger partial charge in [-0.15, -0.1) is 0 Å². The van der Waals surface area contributed by atoms with Crippen molar-refractivity contribution in [3.63, 3.8) is 0 Å². The summed E-state index contributed by atoms with van der Waals surface area (Å²) in [5, 5.41) is 11.3. The monoisotopic (exact) mass is 551 g/mol. The lowest BCUT2D eigenvalue weighted by molar-refractivity contribution is -0.128. The molecule has 1 aromatic carbocycles. The van der Waals surface area contributed by atoms with Gasteiger partial charge in [-0.05, 0) is 30.5 Å². The van der Waals surface area contributed by atoms with Crippen LogP contribution in [0.1, 0.15) is 26.2 Å². The molecule has 2 fully saturated rings. The molecule has 3 aliphatic rings. The number of aryl methyl sites for hydroxylation is 1. The molecule has 0 atom stereocenters. The van der Waals surface area contributed by atoms with Crippen LogP contribution in [-0.2, 0) is 11.8 Å². The molecule has 11 heteroatoms. The number of amidine groups is 1. The molecule has 216 valence electrons. The van der Waals surface area contributed by atoms with Crippen molar-refractivity contribution in [2.24, 2.45) is 17.8 Å². The zero-order valence-electron chi connectivity index (χ0n) is 23.7. The maximum absolute atomic E-state index is 15.1. The van der Waals surface area contributed by atoms with Crippen LogP contribution in [0.25, 0.3) is 11.1 Å². The van der Waals surface area contributed by atoms with Gasteiger partial charge in [0.1, 0.15) is 17.3 Å². The standard InChI is InChI=1S/C29H42FN9O/c1-21(40)39-12-7-27(34-24-5-10-37(11-6-24)15-16-38-13-8-32-9-14-38)25(20-39)29(31)35-28-4-3-22(17-26(28)30)23-18-33-36(2)19-23/h3-4,17-19,24,32,34H,5-16,20H2,1-2H3,(H2,31,35). The highest BCUT2D eigenvalue weighted by atomic mass is 19.1. The maximum atomic E-state index is 15.1. The largest absolute Gasteiger partial charge is 0.385 e. The van der Waals surface area contributed by atoms with Crippen molar-refractivity contribution >= 4 is 17.4 Å². The number of nitrogens with one attached hydrogen (secondary N) is 2. The first kappa shape index (κ1) is 28.3. The molecule has 0 saturated carbocycles. The van der Waals surface area contributed by atoms with Gasteiger partial charge in [-0.2, -0.15) is 5.10 Å². The quantitative estimate of drug-likeness (QED) is 0.339. The summed E-state index contributed by atoms with van der Waals surface area (Å²) in [5.41, 5.74) is 10.0. The topological polar surface area (TPSA) is 107 Å². The lowest BCUT2D eigenvalue weighted by Crippen LogP contribution is -2.49. The van der Waals surface area contributed by atoms with Crippen LogP contribution < -0.4 is 16.4 Å². The summed E-state index contributed by atoms with van der Waals surface area (Å²) in [6, 6.07) is 5.25. The average Bonchev–Trinajstić information content (AvgIpc) is 3.40. The molecular weight excluding hydrogens is 509 g/mol. The van der Waals surface area contributed by atoms with Crippen LogP contribution in [0.5, 0.6) is 0 Å². The lowest BCUT2D eigenvalue weighted by atomic mass is 10.00. The predicted molar refractivity (Wildman–Crippen MR) is 156 cm³/mol. The Hall–Kier alpha value is -3.28. The number of hydrogen-bond acceptors (Lipinski definition) is 7. The van der Waals surface area contributed by atoms with E-state index >= 15 is 4.39 Å². The molecule has 0 spiro atoms. The van der Waals surface area contributed by atoms with E-state index < -0.39 is 5.82 Å². The van der Waals surface area contributed by atoms with Crippen molar-refractivity contribution in [3.8, 4) is 11.1 Å². The Morgan fingerprint density at radius 3 is 2.50 bits per heavy atom. The fourth-order valence-corrected chi connectivity index (χ4v) is 5.74. The van der Waals surface area contributed by atoms with E-state index in [9.17, 15) is 4.79 Å². The zero-order valence-corrected chi connectivity index (χ0v) is 23.7. The number of carbonyl (C=O) groups excluding carboxylic acids is 1. The first-order chi connectivity index (χ1) is 19.4. The van der Waals surface area contributed by atoms with Crippen LogP contribution in [0.4, 0.5) is 10.1 Å². The second kappa shape index (κ2) is 12.9. The van der Waals surface area contributed by atoms with E-state index in [2.05, 4.69) is 30.5 Å². The molecule has 0 unspecified atom stereocenters. The zero-order chi connectivity index (χ0) is 28.1. The van der Waals surface area contributed by atoms with Crippen LogP contribution in [0.2, 0.25) is 0 Å².